The maximum absolute atomic E-state index is 12.2. The van der Waals surface area contributed by atoms with Crippen molar-refractivity contribution in [3.05, 3.63) is 29.3 Å². The zero-order valence-electron chi connectivity index (χ0n) is 11.4. The Morgan fingerprint density at radius 3 is 2.90 bits per heavy atom. The van der Waals surface area contributed by atoms with E-state index in [1.807, 2.05) is 6.07 Å². The number of hydrogen-bond donors (Lipinski definition) is 1. The summed E-state index contributed by atoms with van der Waals surface area (Å²) in [6.07, 6.45) is 1.96. The van der Waals surface area contributed by atoms with Crippen LogP contribution in [0.25, 0.3) is 0 Å². The van der Waals surface area contributed by atoms with E-state index in [0.29, 0.717) is 24.3 Å². The van der Waals surface area contributed by atoms with Gasteiger partial charge >= 0.3 is 0 Å². The van der Waals surface area contributed by atoms with E-state index in [-0.39, 0.29) is 10.8 Å². The molecule has 0 spiro atoms. The Hall–Kier alpha value is -1.42. The molecule has 1 atom stereocenters. The minimum atomic E-state index is -3.52. The Kier molecular flexibility index (Phi) is 4.76. The second-order valence-corrected chi connectivity index (χ2v) is 6.79. The van der Waals surface area contributed by atoms with Crippen LogP contribution in [-0.4, -0.2) is 28.2 Å². The van der Waals surface area contributed by atoms with Crippen LogP contribution in [0.4, 0.5) is 0 Å². The van der Waals surface area contributed by atoms with Crippen LogP contribution >= 0.6 is 0 Å². The summed E-state index contributed by atoms with van der Waals surface area (Å²) in [6, 6.07) is 6.55. The number of ether oxygens (including phenoxy) is 1. The average Bonchev–Trinajstić information content (AvgIpc) is 2.46. The van der Waals surface area contributed by atoms with Crippen LogP contribution in [0.2, 0.25) is 0 Å². The van der Waals surface area contributed by atoms with Gasteiger partial charge in [-0.3, -0.25) is 0 Å². The quantitative estimate of drug-likeness (QED) is 0.914. The van der Waals surface area contributed by atoms with Gasteiger partial charge in [-0.1, -0.05) is 0 Å². The second-order valence-electron chi connectivity index (χ2n) is 5.02. The number of nitriles is 1. The Morgan fingerprint density at radius 1 is 1.50 bits per heavy atom. The second kappa shape index (κ2) is 6.35. The van der Waals surface area contributed by atoms with Crippen molar-refractivity contribution < 1.29 is 13.2 Å². The van der Waals surface area contributed by atoms with Crippen molar-refractivity contribution >= 4 is 10.0 Å². The first-order valence-electron chi connectivity index (χ1n) is 6.61. The van der Waals surface area contributed by atoms with E-state index in [4.69, 9.17) is 10.00 Å². The van der Waals surface area contributed by atoms with Gasteiger partial charge in [-0.2, -0.15) is 5.26 Å². The molecule has 1 aliphatic rings. The fraction of sp³-hybridized carbons (Fsp3) is 0.500. The largest absolute Gasteiger partial charge is 0.381 e. The average molecular weight is 294 g/mol. The van der Waals surface area contributed by atoms with Crippen molar-refractivity contribution in [3.63, 3.8) is 0 Å². The highest BCUT2D eigenvalue weighted by atomic mass is 32.2. The molecular weight excluding hydrogens is 276 g/mol. The van der Waals surface area contributed by atoms with Gasteiger partial charge in [-0.25, -0.2) is 13.1 Å². The topological polar surface area (TPSA) is 79.2 Å². The Bertz CT molecular complexity index is 614. The Morgan fingerprint density at radius 2 is 2.30 bits per heavy atom. The van der Waals surface area contributed by atoms with Crippen molar-refractivity contribution in [2.24, 2.45) is 5.92 Å². The molecule has 1 aliphatic heterocycles. The highest BCUT2D eigenvalue weighted by molar-refractivity contribution is 7.89. The SMILES string of the molecule is Cc1cc(S(=O)(=O)NCC2CCCOC2)ccc1C#N. The van der Waals surface area contributed by atoms with Crippen LogP contribution in [0.15, 0.2) is 23.1 Å². The molecule has 1 aromatic rings. The van der Waals surface area contributed by atoms with Crippen molar-refractivity contribution in [1.82, 2.24) is 4.72 Å². The summed E-state index contributed by atoms with van der Waals surface area (Å²) in [7, 11) is -3.52. The van der Waals surface area contributed by atoms with E-state index in [9.17, 15) is 8.42 Å². The molecule has 1 unspecified atom stereocenters. The summed E-state index contributed by atoms with van der Waals surface area (Å²) in [4.78, 5) is 0.200. The summed E-state index contributed by atoms with van der Waals surface area (Å²) in [5.41, 5.74) is 1.15. The molecule has 1 heterocycles. The minimum Gasteiger partial charge on any atom is -0.381 e. The van der Waals surface area contributed by atoms with E-state index >= 15 is 0 Å². The third kappa shape index (κ3) is 3.57. The summed E-state index contributed by atoms with van der Waals surface area (Å²) in [5.74, 6) is 0.234. The molecule has 108 valence electrons. The van der Waals surface area contributed by atoms with Crippen LogP contribution in [0, 0.1) is 24.2 Å². The smallest absolute Gasteiger partial charge is 0.240 e. The molecule has 5 nitrogen and oxygen atoms in total. The number of hydrogen-bond acceptors (Lipinski definition) is 4. The molecule has 1 fully saturated rings. The van der Waals surface area contributed by atoms with Crippen molar-refractivity contribution in [2.75, 3.05) is 19.8 Å². The molecule has 1 N–H and O–H groups in total. The number of rotatable bonds is 4. The molecule has 1 saturated heterocycles. The van der Waals surface area contributed by atoms with Crippen LogP contribution in [0.5, 0.6) is 0 Å². The lowest BCUT2D eigenvalue weighted by molar-refractivity contribution is 0.0568. The molecule has 0 saturated carbocycles. The fourth-order valence-corrected chi connectivity index (χ4v) is 3.41. The van der Waals surface area contributed by atoms with E-state index in [0.717, 1.165) is 19.4 Å². The normalized spacial score (nSPS) is 19.5. The zero-order valence-corrected chi connectivity index (χ0v) is 12.2. The lowest BCUT2D eigenvalue weighted by Crippen LogP contribution is -2.33. The molecule has 0 amide bonds. The molecule has 0 aromatic heterocycles. The molecule has 0 radical (unpaired) electrons. The maximum atomic E-state index is 12.2. The number of nitrogens with zero attached hydrogens (tertiary/aromatic N) is 1. The number of sulfonamides is 1. The predicted molar refractivity (Wildman–Crippen MR) is 74.6 cm³/mol. The first-order chi connectivity index (χ1) is 9.53. The molecule has 6 heteroatoms. The van der Waals surface area contributed by atoms with Crippen LogP contribution < -0.4 is 4.72 Å². The van der Waals surface area contributed by atoms with Crippen molar-refractivity contribution in [2.45, 2.75) is 24.7 Å². The van der Waals surface area contributed by atoms with Crippen molar-refractivity contribution in [3.8, 4) is 6.07 Å². The van der Waals surface area contributed by atoms with E-state index < -0.39 is 10.0 Å². The number of benzene rings is 1. The lowest BCUT2D eigenvalue weighted by atomic mass is 10.0. The van der Waals surface area contributed by atoms with Gasteiger partial charge in [0.2, 0.25) is 10.0 Å². The van der Waals surface area contributed by atoms with Gasteiger partial charge in [0, 0.05) is 13.2 Å². The summed E-state index contributed by atoms with van der Waals surface area (Å²) >= 11 is 0. The monoisotopic (exact) mass is 294 g/mol. The summed E-state index contributed by atoms with van der Waals surface area (Å²) in [6.45, 7) is 3.49. The van der Waals surface area contributed by atoms with Gasteiger partial charge in [0.05, 0.1) is 23.1 Å². The van der Waals surface area contributed by atoms with Gasteiger partial charge in [0.1, 0.15) is 0 Å². The van der Waals surface area contributed by atoms with Crippen LogP contribution in [0.1, 0.15) is 24.0 Å². The van der Waals surface area contributed by atoms with E-state index in [1.54, 1.807) is 6.92 Å². The standard InChI is InChI=1S/C14H18N2O3S/c1-11-7-14(5-4-13(11)8-15)20(17,18)16-9-12-3-2-6-19-10-12/h4-5,7,12,16H,2-3,6,9-10H2,1H3. The first kappa shape index (κ1) is 15.0. The molecule has 1 aromatic carbocycles. The third-order valence-electron chi connectivity index (χ3n) is 3.45. The molecular formula is C14H18N2O3S. The molecule has 0 bridgehead atoms. The first-order valence-corrected chi connectivity index (χ1v) is 8.09. The minimum absolute atomic E-state index is 0.200. The van der Waals surface area contributed by atoms with E-state index in [2.05, 4.69) is 4.72 Å². The van der Waals surface area contributed by atoms with Gasteiger partial charge in [-0.15, -0.1) is 0 Å². The molecule has 20 heavy (non-hydrogen) atoms. The van der Waals surface area contributed by atoms with Crippen LogP contribution in [0.3, 0.4) is 0 Å². The van der Waals surface area contributed by atoms with Crippen molar-refractivity contribution in [1.29, 1.82) is 5.26 Å². The van der Waals surface area contributed by atoms with Gasteiger partial charge in [0.25, 0.3) is 0 Å². The van der Waals surface area contributed by atoms with Gasteiger partial charge in [0.15, 0.2) is 0 Å². The maximum Gasteiger partial charge on any atom is 0.240 e. The fourth-order valence-electron chi connectivity index (χ4n) is 2.21. The van der Waals surface area contributed by atoms with Crippen LogP contribution in [-0.2, 0) is 14.8 Å². The Balaban J connectivity index is 2.06. The van der Waals surface area contributed by atoms with Gasteiger partial charge in [-0.05, 0) is 49.4 Å². The number of nitrogens with one attached hydrogen (secondary N) is 1. The highest BCUT2D eigenvalue weighted by Crippen LogP contribution is 2.16. The van der Waals surface area contributed by atoms with Gasteiger partial charge < -0.3 is 4.74 Å². The van der Waals surface area contributed by atoms with E-state index in [1.165, 1.54) is 18.2 Å². The third-order valence-corrected chi connectivity index (χ3v) is 4.87. The number of aryl methyl sites for hydroxylation is 1. The Labute approximate surface area is 119 Å². The summed E-state index contributed by atoms with van der Waals surface area (Å²) in [5, 5.41) is 8.86. The molecule has 2 rings (SSSR count). The highest BCUT2D eigenvalue weighted by Gasteiger charge is 2.19. The zero-order chi connectivity index (χ0) is 14.6. The molecule has 0 aliphatic carbocycles. The predicted octanol–water partition coefficient (Wildman–Crippen LogP) is 1.57. The summed E-state index contributed by atoms with van der Waals surface area (Å²) < 4.78 is 32.3. The lowest BCUT2D eigenvalue weighted by Gasteiger charge is -2.22.